The Hall–Kier alpha value is -2.75. The molecule has 2 atom stereocenters. The Balaban J connectivity index is 1.46. The highest BCUT2D eigenvalue weighted by atomic mass is 19.1. The van der Waals surface area contributed by atoms with Crippen LogP contribution >= 0.6 is 0 Å². The first-order chi connectivity index (χ1) is 12.2. The lowest BCUT2D eigenvalue weighted by atomic mass is 10.0. The van der Waals surface area contributed by atoms with Gasteiger partial charge in [0.2, 0.25) is 0 Å². The molecule has 4 rings (SSSR count). The summed E-state index contributed by atoms with van der Waals surface area (Å²) in [6, 6.07) is 5.73. The van der Waals surface area contributed by atoms with Gasteiger partial charge in [-0.05, 0) is 18.6 Å². The topological polar surface area (TPSA) is 68.9 Å². The second kappa shape index (κ2) is 6.28. The number of fused-ring (bicyclic) bond motifs is 1. The van der Waals surface area contributed by atoms with Crippen molar-refractivity contribution in [2.75, 3.05) is 36.0 Å². The molecule has 0 aliphatic carbocycles. The van der Waals surface area contributed by atoms with Gasteiger partial charge < -0.3 is 9.80 Å². The van der Waals surface area contributed by atoms with Gasteiger partial charge in [0.15, 0.2) is 11.6 Å². The quantitative estimate of drug-likeness (QED) is 0.853. The molecule has 2 aromatic heterocycles. The largest absolute Gasteiger partial charge is 0.370 e. The molecule has 128 valence electrons. The van der Waals surface area contributed by atoms with Gasteiger partial charge in [-0.1, -0.05) is 6.92 Å². The van der Waals surface area contributed by atoms with E-state index in [0.717, 1.165) is 31.9 Å². The van der Waals surface area contributed by atoms with Crippen LogP contribution in [0.4, 0.5) is 15.9 Å². The lowest BCUT2D eigenvalue weighted by Crippen LogP contribution is -2.30. The number of halogens is 1. The van der Waals surface area contributed by atoms with E-state index >= 15 is 0 Å². The minimum Gasteiger partial charge on any atom is -0.370 e. The van der Waals surface area contributed by atoms with Crippen molar-refractivity contribution < 1.29 is 4.39 Å². The molecule has 2 aliphatic rings. The van der Waals surface area contributed by atoms with Crippen LogP contribution < -0.4 is 9.80 Å². The van der Waals surface area contributed by atoms with E-state index in [1.807, 2.05) is 19.1 Å². The Labute approximate surface area is 145 Å². The van der Waals surface area contributed by atoms with Crippen molar-refractivity contribution in [1.29, 1.82) is 5.26 Å². The minimum atomic E-state index is -0.280. The summed E-state index contributed by atoms with van der Waals surface area (Å²) in [5, 5.41) is 8.85. The van der Waals surface area contributed by atoms with E-state index in [4.69, 9.17) is 5.26 Å². The van der Waals surface area contributed by atoms with Gasteiger partial charge in [0.1, 0.15) is 18.1 Å². The summed E-state index contributed by atoms with van der Waals surface area (Å²) < 4.78 is 14.5. The zero-order valence-electron chi connectivity index (χ0n) is 14.1. The van der Waals surface area contributed by atoms with E-state index in [9.17, 15) is 4.39 Å². The Morgan fingerprint density at radius 1 is 1.12 bits per heavy atom. The summed E-state index contributed by atoms with van der Waals surface area (Å²) >= 11 is 0. The third-order valence-corrected chi connectivity index (χ3v) is 5.19. The Morgan fingerprint density at radius 2 is 1.84 bits per heavy atom. The molecule has 0 bridgehead atoms. The summed E-state index contributed by atoms with van der Waals surface area (Å²) in [5.74, 6) is 1.12. The molecule has 25 heavy (non-hydrogen) atoms. The fourth-order valence-corrected chi connectivity index (χ4v) is 3.88. The molecule has 2 fully saturated rings. The van der Waals surface area contributed by atoms with Crippen molar-refractivity contribution in [2.24, 2.45) is 11.8 Å². The maximum absolute atomic E-state index is 14.5. The van der Waals surface area contributed by atoms with E-state index in [1.165, 1.54) is 6.33 Å². The molecule has 0 N–H and O–H groups in total. The number of nitrogens with zero attached hydrogens (tertiary/aromatic N) is 6. The predicted octanol–water partition coefficient (Wildman–Crippen LogP) is 2.02. The summed E-state index contributed by atoms with van der Waals surface area (Å²) in [6.45, 7) is 5.35. The fourth-order valence-electron chi connectivity index (χ4n) is 3.88. The minimum absolute atomic E-state index is 0.280. The third-order valence-electron chi connectivity index (χ3n) is 5.19. The van der Waals surface area contributed by atoms with E-state index in [1.54, 1.807) is 12.3 Å². The predicted molar refractivity (Wildman–Crippen MR) is 91.7 cm³/mol. The van der Waals surface area contributed by atoms with Gasteiger partial charge in [-0.3, -0.25) is 0 Å². The van der Waals surface area contributed by atoms with Crippen molar-refractivity contribution in [3.05, 3.63) is 41.9 Å². The second-order valence-corrected chi connectivity index (χ2v) is 6.66. The molecular weight excluding hydrogens is 319 g/mol. The molecule has 2 aromatic rings. The van der Waals surface area contributed by atoms with Crippen LogP contribution in [0.3, 0.4) is 0 Å². The van der Waals surface area contributed by atoms with E-state index in [2.05, 4.69) is 24.8 Å². The highest BCUT2D eigenvalue weighted by Gasteiger charge is 2.41. The number of pyridine rings is 1. The van der Waals surface area contributed by atoms with Gasteiger partial charge in [-0.15, -0.1) is 0 Å². The van der Waals surface area contributed by atoms with Crippen molar-refractivity contribution in [2.45, 2.75) is 13.3 Å². The Kier molecular flexibility index (Phi) is 3.96. The maximum atomic E-state index is 14.5. The lowest BCUT2D eigenvalue weighted by Gasteiger charge is -2.24. The van der Waals surface area contributed by atoms with Crippen LogP contribution in [0.15, 0.2) is 24.7 Å². The van der Waals surface area contributed by atoms with Crippen molar-refractivity contribution >= 4 is 11.5 Å². The van der Waals surface area contributed by atoms with Gasteiger partial charge in [-0.2, -0.15) is 5.26 Å². The molecular formula is C18H19FN6. The third kappa shape index (κ3) is 2.78. The number of anilines is 2. The standard InChI is InChI=1S/C18H19FN6/c1-2-16-17(19)18(23-11-22-16)25-9-12-7-24(8-13(12)10-25)15-4-3-14(5-20)21-6-15/h3-4,6,11-13H,2,7-10H2,1H3. The van der Waals surface area contributed by atoms with Crippen LogP contribution in [-0.2, 0) is 6.42 Å². The van der Waals surface area contributed by atoms with E-state index in [0.29, 0.717) is 35.5 Å². The molecule has 0 radical (unpaired) electrons. The number of hydrogen-bond donors (Lipinski definition) is 0. The Morgan fingerprint density at radius 3 is 2.44 bits per heavy atom. The van der Waals surface area contributed by atoms with E-state index < -0.39 is 0 Å². The lowest BCUT2D eigenvalue weighted by molar-refractivity contribution is 0.533. The van der Waals surface area contributed by atoms with Crippen molar-refractivity contribution in [1.82, 2.24) is 15.0 Å². The van der Waals surface area contributed by atoms with Crippen LogP contribution in [0.1, 0.15) is 18.3 Å². The highest BCUT2D eigenvalue weighted by molar-refractivity contribution is 5.49. The first-order valence-electron chi connectivity index (χ1n) is 8.55. The fraction of sp³-hybridized carbons (Fsp3) is 0.444. The SMILES string of the molecule is CCc1ncnc(N2CC3CN(c4ccc(C#N)nc4)CC3C2)c1F. The summed E-state index contributed by atoms with van der Waals surface area (Å²) in [6.07, 6.45) is 3.79. The van der Waals surface area contributed by atoms with Gasteiger partial charge >= 0.3 is 0 Å². The molecule has 2 unspecified atom stereocenters. The normalized spacial score (nSPS) is 22.1. The van der Waals surface area contributed by atoms with Crippen molar-refractivity contribution in [3.8, 4) is 6.07 Å². The first kappa shape index (κ1) is 15.8. The zero-order chi connectivity index (χ0) is 17.4. The molecule has 0 amide bonds. The number of nitriles is 1. The number of rotatable bonds is 3. The molecule has 2 aliphatic heterocycles. The summed E-state index contributed by atoms with van der Waals surface area (Å²) in [4.78, 5) is 16.7. The second-order valence-electron chi connectivity index (χ2n) is 6.66. The summed E-state index contributed by atoms with van der Waals surface area (Å²) in [7, 11) is 0. The van der Waals surface area contributed by atoms with Crippen LogP contribution in [0, 0.1) is 29.0 Å². The number of hydrogen-bond acceptors (Lipinski definition) is 6. The van der Waals surface area contributed by atoms with Crippen LogP contribution in [0.2, 0.25) is 0 Å². The van der Waals surface area contributed by atoms with Crippen LogP contribution in [-0.4, -0.2) is 41.1 Å². The smallest absolute Gasteiger partial charge is 0.187 e. The first-order valence-corrected chi connectivity index (χ1v) is 8.55. The number of aromatic nitrogens is 3. The molecule has 4 heterocycles. The highest BCUT2D eigenvalue weighted by Crippen LogP contribution is 2.36. The molecule has 2 saturated heterocycles. The van der Waals surface area contributed by atoms with Gasteiger partial charge in [0, 0.05) is 38.0 Å². The van der Waals surface area contributed by atoms with Gasteiger partial charge in [0.05, 0.1) is 17.6 Å². The van der Waals surface area contributed by atoms with Gasteiger partial charge in [-0.25, -0.2) is 19.3 Å². The average molecular weight is 338 g/mol. The molecule has 0 aromatic carbocycles. The summed E-state index contributed by atoms with van der Waals surface area (Å²) in [5.41, 5.74) is 1.95. The van der Waals surface area contributed by atoms with Gasteiger partial charge in [0.25, 0.3) is 0 Å². The van der Waals surface area contributed by atoms with Crippen molar-refractivity contribution in [3.63, 3.8) is 0 Å². The number of aryl methyl sites for hydroxylation is 1. The molecule has 7 heteroatoms. The average Bonchev–Trinajstić information content (AvgIpc) is 3.21. The molecule has 0 spiro atoms. The van der Waals surface area contributed by atoms with Crippen LogP contribution in [0.5, 0.6) is 0 Å². The van der Waals surface area contributed by atoms with Crippen LogP contribution in [0.25, 0.3) is 0 Å². The molecule has 6 nitrogen and oxygen atoms in total. The monoisotopic (exact) mass is 338 g/mol. The Bertz CT molecular complexity index is 801. The molecule has 0 saturated carbocycles. The maximum Gasteiger partial charge on any atom is 0.187 e. The zero-order valence-corrected chi connectivity index (χ0v) is 14.1. The van der Waals surface area contributed by atoms with E-state index in [-0.39, 0.29) is 5.82 Å².